The molecule has 0 bridgehead atoms. The molecule has 2 nitrogen and oxygen atoms in total. The SMILES string of the molecule is Cl.Fc1cc([C@@H](CC(F)(F)F)N2CCNCC2)ccc1C(F)(F)F. The lowest BCUT2D eigenvalue weighted by molar-refractivity contribution is -0.149. The lowest BCUT2D eigenvalue weighted by Crippen LogP contribution is -2.46. The Morgan fingerprint density at radius 1 is 1.04 bits per heavy atom. The molecule has 0 amide bonds. The molecule has 0 radical (unpaired) electrons. The second kappa shape index (κ2) is 7.88. The van der Waals surface area contributed by atoms with E-state index in [1.54, 1.807) is 0 Å². The fraction of sp³-hybridized carbons (Fsp3) is 0.571. The Hall–Kier alpha value is -1.06. The standard InChI is InChI=1S/C14H15F7N2.ClH/c15-11-7-9(1-2-10(11)14(19,20)21)12(8-13(16,17)18)23-5-3-22-4-6-23;/h1-2,7,12,22H,3-6,8H2;1H/t12-;/m1./s1. The first kappa shape index (κ1) is 21.0. The Labute approximate surface area is 140 Å². The molecule has 1 saturated heterocycles. The van der Waals surface area contributed by atoms with Crippen LogP contribution in [0.5, 0.6) is 0 Å². The fourth-order valence-electron chi connectivity index (χ4n) is 2.64. The molecule has 0 unspecified atom stereocenters. The zero-order chi connectivity index (χ0) is 17.3. The molecule has 2 rings (SSSR count). The number of piperazine rings is 1. The minimum absolute atomic E-state index is 0. The van der Waals surface area contributed by atoms with E-state index >= 15 is 0 Å². The van der Waals surface area contributed by atoms with Crippen molar-refractivity contribution in [1.29, 1.82) is 0 Å². The number of nitrogens with zero attached hydrogens (tertiary/aromatic N) is 1. The average molecular weight is 381 g/mol. The Balaban J connectivity index is 0.00000288. The molecule has 1 fully saturated rings. The number of benzene rings is 1. The zero-order valence-corrected chi connectivity index (χ0v) is 13.2. The van der Waals surface area contributed by atoms with Crippen LogP contribution in [-0.2, 0) is 6.18 Å². The number of nitrogens with one attached hydrogen (secondary N) is 1. The van der Waals surface area contributed by atoms with E-state index < -0.39 is 36.2 Å². The Bertz CT molecular complexity index is 539. The molecule has 24 heavy (non-hydrogen) atoms. The van der Waals surface area contributed by atoms with Crippen LogP contribution >= 0.6 is 12.4 Å². The van der Waals surface area contributed by atoms with Crippen molar-refractivity contribution in [1.82, 2.24) is 10.2 Å². The highest BCUT2D eigenvalue weighted by Gasteiger charge is 2.38. The van der Waals surface area contributed by atoms with Gasteiger partial charge in [-0.3, -0.25) is 4.90 Å². The van der Waals surface area contributed by atoms with E-state index in [0.29, 0.717) is 38.3 Å². The van der Waals surface area contributed by atoms with Gasteiger partial charge < -0.3 is 5.32 Å². The normalized spacial score (nSPS) is 18.1. The van der Waals surface area contributed by atoms with E-state index in [4.69, 9.17) is 0 Å². The summed E-state index contributed by atoms with van der Waals surface area (Å²) in [6.45, 7) is 1.56. The van der Waals surface area contributed by atoms with E-state index in [-0.39, 0.29) is 18.0 Å². The highest BCUT2D eigenvalue weighted by Crippen LogP contribution is 2.37. The molecule has 1 heterocycles. The van der Waals surface area contributed by atoms with Crippen LogP contribution in [-0.4, -0.2) is 37.3 Å². The third-order valence-corrected chi connectivity index (χ3v) is 3.70. The number of hydrogen-bond acceptors (Lipinski definition) is 2. The largest absolute Gasteiger partial charge is 0.419 e. The second-order valence-corrected chi connectivity index (χ2v) is 5.36. The average Bonchev–Trinajstić information content (AvgIpc) is 2.43. The van der Waals surface area contributed by atoms with Gasteiger partial charge >= 0.3 is 12.4 Å². The van der Waals surface area contributed by atoms with Crippen LogP contribution in [0.3, 0.4) is 0 Å². The van der Waals surface area contributed by atoms with Gasteiger partial charge in [-0.25, -0.2) is 4.39 Å². The molecular weight excluding hydrogens is 365 g/mol. The van der Waals surface area contributed by atoms with Gasteiger partial charge in [0.15, 0.2) is 0 Å². The number of hydrogen-bond donors (Lipinski definition) is 1. The van der Waals surface area contributed by atoms with Crippen molar-refractivity contribution in [3.05, 3.63) is 35.1 Å². The lowest BCUT2D eigenvalue weighted by atomic mass is 9.99. The van der Waals surface area contributed by atoms with E-state index in [1.165, 1.54) is 4.90 Å². The molecule has 1 atom stereocenters. The molecule has 10 heteroatoms. The summed E-state index contributed by atoms with van der Waals surface area (Å²) >= 11 is 0. The molecule has 1 aliphatic rings. The van der Waals surface area contributed by atoms with Gasteiger partial charge in [-0.2, -0.15) is 26.3 Å². The molecule has 1 N–H and O–H groups in total. The Morgan fingerprint density at radius 2 is 1.62 bits per heavy atom. The molecule has 0 aliphatic carbocycles. The van der Waals surface area contributed by atoms with Gasteiger partial charge in [-0.15, -0.1) is 12.4 Å². The third-order valence-electron chi connectivity index (χ3n) is 3.70. The maximum Gasteiger partial charge on any atom is 0.419 e. The van der Waals surface area contributed by atoms with Gasteiger partial charge in [-0.1, -0.05) is 6.07 Å². The summed E-state index contributed by atoms with van der Waals surface area (Å²) in [6.07, 6.45) is -10.6. The lowest BCUT2D eigenvalue weighted by Gasteiger charge is -2.35. The highest BCUT2D eigenvalue weighted by atomic mass is 35.5. The van der Waals surface area contributed by atoms with Crippen molar-refractivity contribution in [3.8, 4) is 0 Å². The van der Waals surface area contributed by atoms with Crippen LogP contribution < -0.4 is 5.32 Å². The third kappa shape index (κ3) is 5.49. The summed E-state index contributed by atoms with van der Waals surface area (Å²) in [7, 11) is 0. The maximum absolute atomic E-state index is 13.7. The van der Waals surface area contributed by atoms with Crippen molar-refractivity contribution >= 4 is 12.4 Å². The number of rotatable bonds is 3. The molecule has 1 aliphatic heterocycles. The van der Waals surface area contributed by atoms with Crippen molar-refractivity contribution in [2.24, 2.45) is 0 Å². The molecule has 0 spiro atoms. The van der Waals surface area contributed by atoms with Gasteiger partial charge in [0.1, 0.15) is 5.82 Å². The van der Waals surface area contributed by atoms with Gasteiger partial charge in [0.2, 0.25) is 0 Å². The Kier molecular flexibility index (Phi) is 6.89. The summed E-state index contributed by atoms with van der Waals surface area (Å²) in [6, 6.07) is 0.774. The van der Waals surface area contributed by atoms with Crippen molar-refractivity contribution in [3.63, 3.8) is 0 Å². The highest BCUT2D eigenvalue weighted by molar-refractivity contribution is 5.85. The Morgan fingerprint density at radius 3 is 2.08 bits per heavy atom. The monoisotopic (exact) mass is 380 g/mol. The van der Waals surface area contributed by atoms with Crippen LogP contribution in [0.1, 0.15) is 23.6 Å². The van der Waals surface area contributed by atoms with Crippen LogP contribution in [0.2, 0.25) is 0 Å². The predicted octanol–water partition coefficient (Wildman–Crippen LogP) is 4.17. The van der Waals surface area contributed by atoms with Crippen LogP contribution in [0.4, 0.5) is 30.7 Å². The summed E-state index contributed by atoms with van der Waals surface area (Å²) in [5.74, 6) is -1.56. The minimum atomic E-state index is -4.88. The van der Waals surface area contributed by atoms with Crippen LogP contribution in [0, 0.1) is 5.82 Å². The minimum Gasteiger partial charge on any atom is -0.314 e. The molecule has 0 aromatic heterocycles. The second-order valence-electron chi connectivity index (χ2n) is 5.36. The molecule has 0 saturated carbocycles. The molecular formula is C14H16ClF7N2. The van der Waals surface area contributed by atoms with E-state index in [1.807, 2.05) is 0 Å². The molecule has 1 aromatic rings. The van der Waals surface area contributed by atoms with E-state index in [9.17, 15) is 30.7 Å². The zero-order valence-electron chi connectivity index (χ0n) is 12.3. The van der Waals surface area contributed by atoms with Gasteiger partial charge in [0.25, 0.3) is 0 Å². The maximum atomic E-state index is 13.7. The molecule has 138 valence electrons. The first-order chi connectivity index (χ1) is 10.6. The van der Waals surface area contributed by atoms with Crippen molar-refractivity contribution in [2.45, 2.75) is 24.8 Å². The van der Waals surface area contributed by atoms with Crippen molar-refractivity contribution in [2.75, 3.05) is 26.2 Å². The van der Waals surface area contributed by atoms with Gasteiger partial charge in [-0.05, 0) is 17.7 Å². The first-order valence-corrected chi connectivity index (χ1v) is 6.96. The number of halogens is 8. The fourth-order valence-corrected chi connectivity index (χ4v) is 2.64. The van der Waals surface area contributed by atoms with Gasteiger partial charge in [0, 0.05) is 32.2 Å². The predicted molar refractivity (Wildman–Crippen MR) is 76.5 cm³/mol. The topological polar surface area (TPSA) is 15.3 Å². The van der Waals surface area contributed by atoms with E-state index in [2.05, 4.69) is 5.32 Å². The molecule has 1 aromatic carbocycles. The summed E-state index contributed by atoms with van der Waals surface area (Å²) in [5, 5.41) is 2.98. The van der Waals surface area contributed by atoms with Gasteiger partial charge in [0.05, 0.1) is 12.0 Å². The van der Waals surface area contributed by atoms with Crippen LogP contribution in [0.25, 0.3) is 0 Å². The quantitative estimate of drug-likeness (QED) is 0.792. The summed E-state index contributed by atoms with van der Waals surface area (Å²) < 4.78 is 89.8. The smallest absolute Gasteiger partial charge is 0.314 e. The summed E-state index contributed by atoms with van der Waals surface area (Å²) in [5.41, 5.74) is -1.58. The number of alkyl halides is 6. The van der Waals surface area contributed by atoms with Crippen LogP contribution in [0.15, 0.2) is 18.2 Å². The van der Waals surface area contributed by atoms with Crippen molar-refractivity contribution < 1.29 is 30.7 Å². The summed E-state index contributed by atoms with van der Waals surface area (Å²) in [4.78, 5) is 1.51. The van der Waals surface area contributed by atoms with E-state index in [0.717, 1.165) is 6.07 Å². The first-order valence-electron chi connectivity index (χ1n) is 6.96.